The number of Topliss-reactive ketones (excluding diaryl/α,β-unsaturated/α-hetero) is 1. The summed E-state index contributed by atoms with van der Waals surface area (Å²) in [6, 6.07) is 8.40. The predicted octanol–water partition coefficient (Wildman–Crippen LogP) is 3.33. The van der Waals surface area contributed by atoms with Gasteiger partial charge in [-0.25, -0.2) is 9.59 Å². The molecule has 0 fully saturated rings. The molecule has 0 aliphatic heterocycles. The molecule has 0 bridgehead atoms. The molecule has 3 rings (SSSR count). The quantitative estimate of drug-likeness (QED) is 0.506. The average molecular weight is 413 g/mol. The minimum Gasteiger partial charge on any atom is -0.449 e. The van der Waals surface area contributed by atoms with Gasteiger partial charge in [0.2, 0.25) is 0 Å². The van der Waals surface area contributed by atoms with E-state index in [9.17, 15) is 14.4 Å². The van der Waals surface area contributed by atoms with Crippen LogP contribution in [0.4, 0.5) is 9.59 Å². The van der Waals surface area contributed by atoms with Crippen molar-refractivity contribution in [3.05, 3.63) is 36.1 Å². The number of furan rings is 1. The van der Waals surface area contributed by atoms with Gasteiger partial charge in [0.25, 0.3) is 0 Å². The summed E-state index contributed by atoms with van der Waals surface area (Å²) in [7, 11) is 0. The highest BCUT2D eigenvalue weighted by Gasteiger charge is 2.24. The van der Waals surface area contributed by atoms with Crippen molar-refractivity contribution in [1.82, 2.24) is 10.6 Å². The number of rotatable bonds is 7. The van der Waals surface area contributed by atoms with Crippen LogP contribution in [0.25, 0.3) is 21.7 Å². The van der Waals surface area contributed by atoms with Gasteiger partial charge in [-0.2, -0.15) is 0 Å². The fourth-order valence-electron chi connectivity index (χ4n) is 2.92. The number of carbonyl (C=O) groups is 3. The summed E-state index contributed by atoms with van der Waals surface area (Å²) in [6.07, 6.45) is -0.610. The maximum Gasteiger partial charge on any atom is 0.412 e. The van der Waals surface area contributed by atoms with E-state index in [-0.39, 0.29) is 41.7 Å². The van der Waals surface area contributed by atoms with Crippen LogP contribution < -0.4 is 25.8 Å². The SMILES string of the molecule is CCCNC(=O)Oc1c2ccccc2c(OC(=O)NCCN)c2oc(C(C)=O)cc12. The van der Waals surface area contributed by atoms with E-state index in [1.54, 1.807) is 24.3 Å². The Morgan fingerprint density at radius 3 is 2.17 bits per heavy atom. The Bertz CT molecular complexity index is 1030. The normalized spacial score (nSPS) is 10.8. The summed E-state index contributed by atoms with van der Waals surface area (Å²) in [4.78, 5) is 36.3. The van der Waals surface area contributed by atoms with Gasteiger partial charge in [-0.15, -0.1) is 0 Å². The number of nitrogens with one attached hydrogen (secondary N) is 2. The minimum atomic E-state index is -0.720. The number of hydrogen-bond acceptors (Lipinski definition) is 7. The van der Waals surface area contributed by atoms with E-state index < -0.39 is 12.2 Å². The van der Waals surface area contributed by atoms with Crippen LogP contribution in [0.2, 0.25) is 0 Å². The first kappa shape index (κ1) is 21.1. The highest BCUT2D eigenvalue weighted by atomic mass is 16.6. The highest BCUT2D eigenvalue weighted by Crippen LogP contribution is 2.44. The van der Waals surface area contributed by atoms with Crippen LogP contribution in [-0.2, 0) is 0 Å². The van der Waals surface area contributed by atoms with E-state index in [4.69, 9.17) is 19.6 Å². The Morgan fingerprint density at radius 2 is 1.57 bits per heavy atom. The second-order valence-corrected chi connectivity index (χ2v) is 6.53. The van der Waals surface area contributed by atoms with Crippen molar-refractivity contribution in [3.8, 4) is 11.5 Å². The molecule has 1 heterocycles. The zero-order chi connectivity index (χ0) is 21.7. The molecule has 0 saturated carbocycles. The first-order valence-corrected chi connectivity index (χ1v) is 9.56. The van der Waals surface area contributed by atoms with Crippen LogP contribution in [0.3, 0.4) is 0 Å². The molecular formula is C21H23N3O6. The van der Waals surface area contributed by atoms with Gasteiger partial charge in [-0.1, -0.05) is 31.2 Å². The zero-order valence-electron chi connectivity index (χ0n) is 16.7. The van der Waals surface area contributed by atoms with Gasteiger partial charge in [-0.05, 0) is 12.5 Å². The number of fused-ring (bicyclic) bond motifs is 2. The van der Waals surface area contributed by atoms with E-state index in [2.05, 4.69) is 10.6 Å². The van der Waals surface area contributed by atoms with Crippen LogP contribution in [0, 0.1) is 0 Å². The number of hydrogen-bond donors (Lipinski definition) is 3. The highest BCUT2D eigenvalue weighted by molar-refractivity contribution is 6.12. The molecule has 0 aliphatic carbocycles. The van der Waals surface area contributed by atoms with Crippen LogP contribution in [0.5, 0.6) is 11.5 Å². The smallest absolute Gasteiger partial charge is 0.412 e. The Hall–Kier alpha value is -3.59. The molecule has 30 heavy (non-hydrogen) atoms. The molecule has 0 spiro atoms. The van der Waals surface area contributed by atoms with E-state index in [0.717, 1.165) is 6.42 Å². The molecule has 0 radical (unpaired) electrons. The molecule has 9 heteroatoms. The molecule has 9 nitrogen and oxygen atoms in total. The van der Waals surface area contributed by atoms with Crippen molar-refractivity contribution in [2.24, 2.45) is 5.73 Å². The first-order chi connectivity index (χ1) is 14.5. The van der Waals surface area contributed by atoms with Crippen LogP contribution in [0.1, 0.15) is 30.8 Å². The van der Waals surface area contributed by atoms with Gasteiger partial charge in [0.1, 0.15) is 0 Å². The predicted molar refractivity (Wildman–Crippen MR) is 111 cm³/mol. The summed E-state index contributed by atoms with van der Waals surface area (Å²) in [5.74, 6) is 0.0469. The molecule has 0 saturated heterocycles. The molecule has 3 aromatic rings. The molecule has 0 atom stereocenters. The molecule has 1 aromatic heterocycles. The molecule has 0 aliphatic rings. The molecule has 0 unspecified atom stereocenters. The van der Waals surface area contributed by atoms with Gasteiger partial charge in [0, 0.05) is 37.3 Å². The summed E-state index contributed by atoms with van der Waals surface area (Å²) in [5, 5.41) is 6.51. The van der Waals surface area contributed by atoms with Gasteiger partial charge >= 0.3 is 12.2 Å². The minimum absolute atomic E-state index is 0.0475. The standard InChI is InChI=1S/C21H23N3O6/c1-3-9-23-20(26)29-17-13-6-4-5-7-14(13)18(30-21(27)24-10-8-22)19-15(17)11-16(28-19)12(2)25/h4-7,11H,3,8-10,22H2,1-2H3,(H,23,26)(H,24,27). The lowest BCUT2D eigenvalue weighted by Crippen LogP contribution is -2.31. The fraction of sp³-hybridized carbons (Fsp3) is 0.286. The summed E-state index contributed by atoms with van der Waals surface area (Å²) in [5.41, 5.74) is 5.53. The third kappa shape index (κ3) is 4.36. The van der Waals surface area contributed by atoms with Gasteiger partial charge in [0.15, 0.2) is 28.6 Å². The van der Waals surface area contributed by atoms with Gasteiger partial charge < -0.3 is 30.3 Å². The van der Waals surface area contributed by atoms with Crippen LogP contribution >= 0.6 is 0 Å². The van der Waals surface area contributed by atoms with Gasteiger partial charge in [-0.3, -0.25) is 4.79 Å². The maximum atomic E-state index is 12.2. The van der Waals surface area contributed by atoms with Crippen molar-refractivity contribution >= 4 is 39.7 Å². The lowest BCUT2D eigenvalue weighted by molar-refractivity contribution is 0.0989. The Morgan fingerprint density at radius 1 is 0.967 bits per heavy atom. The summed E-state index contributed by atoms with van der Waals surface area (Å²) < 4.78 is 16.7. The second-order valence-electron chi connectivity index (χ2n) is 6.53. The van der Waals surface area contributed by atoms with E-state index in [1.807, 2.05) is 6.92 Å². The van der Waals surface area contributed by atoms with E-state index >= 15 is 0 Å². The van der Waals surface area contributed by atoms with Crippen molar-refractivity contribution in [1.29, 1.82) is 0 Å². The lowest BCUT2D eigenvalue weighted by Gasteiger charge is -2.14. The van der Waals surface area contributed by atoms with E-state index in [1.165, 1.54) is 13.0 Å². The molecule has 2 aromatic carbocycles. The largest absolute Gasteiger partial charge is 0.449 e. The van der Waals surface area contributed by atoms with Crippen molar-refractivity contribution in [2.75, 3.05) is 19.6 Å². The Balaban J connectivity index is 2.20. The third-order valence-electron chi connectivity index (χ3n) is 4.27. The van der Waals surface area contributed by atoms with Gasteiger partial charge in [0.05, 0.1) is 5.39 Å². The van der Waals surface area contributed by atoms with Crippen LogP contribution in [0.15, 0.2) is 34.7 Å². The number of nitrogens with two attached hydrogens (primary N) is 1. The number of ketones is 1. The Kier molecular flexibility index (Phi) is 6.53. The first-order valence-electron chi connectivity index (χ1n) is 9.56. The molecule has 4 N–H and O–H groups in total. The molecular weight excluding hydrogens is 390 g/mol. The summed E-state index contributed by atoms with van der Waals surface area (Å²) >= 11 is 0. The second kappa shape index (κ2) is 9.27. The number of amides is 2. The van der Waals surface area contributed by atoms with Crippen molar-refractivity contribution in [3.63, 3.8) is 0 Å². The topological polar surface area (TPSA) is 133 Å². The lowest BCUT2D eigenvalue weighted by atomic mass is 10.1. The van der Waals surface area contributed by atoms with Crippen molar-refractivity contribution in [2.45, 2.75) is 20.3 Å². The monoisotopic (exact) mass is 413 g/mol. The number of carbonyl (C=O) groups excluding carboxylic acids is 3. The molecule has 158 valence electrons. The zero-order valence-corrected chi connectivity index (χ0v) is 16.7. The Labute approximate surface area is 172 Å². The summed E-state index contributed by atoms with van der Waals surface area (Å²) in [6.45, 7) is 4.20. The van der Waals surface area contributed by atoms with E-state index in [0.29, 0.717) is 22.7 Å². The molecule has 2 amide bonds. The van der Waals surface area contributed by atoms with Crippen LogP contribution in [-0.4, -0.2) is 37.6 Å². The average Bonchev–Trinajstić information content (AvgIpc) is 3.18. The maximum absolute atomic E-state index is 12.2. The number of ether oxygens (including phenoxy) is 2. The van der Waals surface area contributed by atoms with Crippen molar-refractivity contribution < 1.29 is 28.3 Å². The third-order valence-corrected chi connectivity index (χ3v) is 4.27. The fourth-order valence-corrected chi connectivity index (χ4v) is 2.92. The number of benzene rings is 2.